The van der Waals surface area contributed by atoms with Gasteiger partial charge in [0, 0.05) is 0 Å². The van der Waals surface area contributed by atoms with Gasteiger partial charge in [-0.3, -0.25) is 0 Å². The number of rotatable bonds is 0. The smallest absolute Gasteiger partial charge is 0.0323 e. The van der Waals surface area contributed by atoms with E-state index in [1.165, 1.54) is 38.5 Å². The van der Waals surface area contributed by atoms with E-state index in [-0.39, 0.29) is 0 Å². The van der Waals surface area contributed by atoms with E-state index in [1.807, 2.05) is 0 Å². The zero-order chi connectivity index (χ0) is 6.53. The molecule has 0 fully saturated rings. The standard InChI is InChI=1S/C9H16/c1-9-7-5-3-2-4-6-8-9/h7H,2-6,8H2,1H3/b9-7+. The van der Waals surface area contributed by atoms with Crippen LogP contribution >= 0.6 is 0 Å². The average molecular weight is 124 g/mol. The highest BCUT2D eigenvalue weighted by Gasteiger charge is 1.95. The summed E-state index contributed by atoms with van der Waals surface area (Å²) in [6, 6.07) is 0. The summed E-state index contributed by atoms with van der Waals surface area (Å²) < 4.78 is 0. The Labute approximate surface area is 58.0 Å². The van der Waals surface area contributed by atoms with Crippen LogP contribution in [0.5, 0.6) is 0 Å². The van der Waals surface area contributed by atoms with E-state index in [1.54, 1.807) is 5.57 Å². The van der Waals surface area contributed by atoms with Gasteiger partial charge in [0.15, 0.2) is 0 Å². The average Bonchev–Trinajstić information content (AvgIpc) is 1.79. The van der Waals surface area contributed by atoms with Crippen molar-refractivity contribution in [2.24, 2.45) is 0 Å². The van der Waals surface area contributed by atoms with Crippen LogP contribution < -0.4 is 0 Å². The van der Waals surface area contributed by atoms with Gasteiger partial charge in [-0.15, -0.1) is 0 Å². The molecule has 0 aromatic heterocycles. The molecule has 1 aliphatic carbocycles. The monoisotopic (exact) mass is 124 g/mol. The van der Waals surface area contributed by atoms with Crippen LogP contribution in [0.25, 0.3) is 0 Å². The Morgan fingerprint density at radius 2 is 1.89 bits per heavy atom. The number of allylic oxidation sites excluding steroid dienone is 2. The SMILES string of the molecule is C/C1=C\CCCCCC1. The first-order valence-electron chi connectivity index (χ1n) is 4.05. The summed E-state index contributed by atoms with van der Waals surface area (Å²) >= 11 is 0. The molecule has 0 radical (unpaired) electrons. The van der Waals surface area contributed by atoms with E-state index in [9.17, 15) is 0 Å². The fourth-order valence-corrected chi connectivity index (χ4v) is 1.35. The summed E-state index contributed by atoms with van der Waals surface area (Å²) in [5, 5.41) is 0. The predicted molar refractivity (Wildman–Crippen MR) is 41.5 cm³/mol. The van der Waals surface area contributed by atoms with Gasteiger partial charge in [-0.2, -0.15) is 0 Å². The van der Waals surface area contributed by atoms with Gasteiger partial charge < -0.3 is 0 Å². The summed E-state index contributed by atoms with van der Waals surface area (Å²) in [4.78, 5) is 0. The Bertz CT molecular complexity index is 101. The predicted octanol–water partition coefficient (Wildman–Crippen LogP) is 3.29. The number of hydrogen-bond donors (Lipinski definition) is 0. The summed E-state index contributed by atoms with van der Waals surface area (Å²) in [5.74, 6) is 0. The van der Waals surface area contributed by atoms with Crippen molar-refractivity contribution in [1.29, 1.82) is 0 Å². The van der Waals surface area contributed by atoms with E-state index in [4.69, 9.17) is 0 Å². The molecule has 0 N–H and O–H groups in total. The summed E-state index contributed by atoms with van der Waals surface area (Å²) in [6.45, 7) is 2.26. The molecule has 9 heavy (non-hydrogen) atoms. The third kappa shape index (κ3) is 2.69. The van der Waals surface area contributed by atoms with Crippen molar-refractivity contribution in [1.82, 2.24) is 0 Å². The second kappa shape index (κ2) is 3.71. The molecule has 0 aromatic carbocycles. The van der Waals surface area contributed by atoms with Crippen LogP contribution in [0.3, 0.4) is 0 Å². The lowest BCUT2D eigenvalue weighted by molar-refractivity contribution is 0.625. The molecule has 0 atom stereocenters. The lowest BCUT2D eigenvalue weighted by Gasteiger charge is -2.05. The lowest BCUT2D eigenvalue weighted by Crippen LogP contribution is -1.85. The second-order valence-corrected chi connectivity index (χ2v) is 3.00. The molecular weight excluding hydrogens is 108 g/mol. The van der Waals surface area contributed by atoms with Crippen LogP contribution in [-0.4, -0.2) is 0 Å². The van der Waals surface area contributed by atoms with Gasteiger partial charge in [0.2, 0.25) is 0 Å². The van der Waals surface area contributed by atoms with Crippen molar-refractivity contribution in [3.63, 3.8) is 0 Å². The van der Waals surface area contributed by atoms with Crippen LogP contribution in [0.15, 0.2) is 11.6 Å². The highest BCUT2D eigenvalue weighted by atomic mass is 14.0. The largest absolute Gasteiger partial charge is 0.0856 e. The van der Waals surface area contributed by atoms with Gasteiger partial charge in [0.25, 0.3) is 0 Å². The second-order valence-electron chi connectivity index (χ2n) is 3.00. The first kappa shape index (κ1) is 6.85. The van der Waals surface area contributed by atoms with Gasteiger partial charge in [-0.1, -0.05) is 24.5 Å². The zero-order valence-corrected chi connectivity index (χ0v) is 6.32. The molecule has 0 heteroatoms. The van der Waals surface area contributed by atoms with E-state index in [0.29, 0.717) is 0 Å². The highest BCUT2D eigenvalue weighted by molar-refractivity contribution is 4.98. The first-order chi connectivity index (χ1) is 4.39. The zero-order valence-electron chi connectivity index (χ0n) is 6.32. The van der Waals surface area contributed by atoms with Gasteiger partial charge in [-0.25, -0.2) is 0 Å². The Morgan fingerprint density at radius 3 is 2.78 bits per heavy atom. The minimum absolute atomic E-state index is 1.33. The van der Waals surface area contributed by atoms with Gasteiger partial charge >= 0.3 is 0 Å². The Balaban J connectivity index is 2.32. The fourth-order valence-electron chi connectivity index (χ4n) is 1.35. The maximum atomic E-state index is 2.40. The van der Waals surface area contributed by atoms with E-state index >= 15 is 0 Å². The third-order valence-corrected chi connectivity index (χ3v) is 2.02. The van der Waals surface area contributed by atoms with Crippen LogP contribution in [0.4, 0.5) is 0 Å². The normalized spacial score (nSPS) is 27.9. The minimum atomic E-state index is 1.33. The molecule has 0 spiro atoms. The quantitative estimate of drug-likeness (QED) is 0.435. The van der Waals surface area contributed by atoms with E-state index in [0.717, 1.165) is 0 Å². The summed E-state index contributed by atoms with van der Waals surface area (Å²) in [7, 11) is 0. The van der Waals surface area contributed by atoms with Crippen molar-refractivity contribution < 1.29 is 0 Å². The van der Waals surface area contributed by atoms with Crippen molar-refractivity contribution in [3.05, 3.63) is 11.6 Å². The van der Waals surface area contributed by atoms with Gasteiger partial charge in [0.05, 0.1) is 0 Å². The molecule has 52 valence electrons. The maximum Gasteiger partial charge on any atom is -0.0323 e. The molecule has 0 aliphatic heterocycles. The van der Waals surface area contributed by atoms with E-state index in [2.05, 4.69) is 13.0 Å². The summed E-state index contributed by atoms with van der Waals surface area (Å²) in [5.41, 5.74) is 1.61. The Morgan fingerprint density at radius 1 is 1.11 bits per heavy atom. The van der Waals surface area contributed by atoms with Gasteiger partial charge in [0.1, 0.15) is 0 Å². The van der Waals surface area contributed by atoms with E-state index < -0.39 is 0 Å². The lowest BCUT2D eigenvalue weighted by atomic mass is 10.0. The maximum absolute atomic E-state index is 2.40. The van der Waals surface area contributed by atoms with Crippen LogP contribution in [0.2, 0.25) is 0 Å². The summed E-state index contributed by atoms with van der Waals surface area (Å²) in [6.07, 6.45) is 10.8. The van der Waals surface area contributed by atoms with Crippen molar-refractivity contribution in [3.8, 4) is 0 Å². The molecule has 0 nitrogen and oxygen atoms in total. The Hall–Kier alpha value is -0.260. The molecule has 0 heterocycles. The minimum Gasteiger partial charge on any atom is -0.0856 e. The van der Waals surface area contributed by atoms with Crippen molar-refractivity contribution in [2.45, 2.75) is 45.4 Å². The van der Waals surface area contributed by atoms with Crippen molar-refractivity contribution >= 4 is 0 Å². The molecule has 0 saturated carbocycles. The van der Waals surface area contributed by atoms with Crippen molar-refractivity contribution in [2.75, 3.05) is 0 Å². The Kier molecular flexibility index (Phi) is 2.82. The fraction of sp³-hybridized carbons (Fsp3) is 0.778. The molecular formula is C9H16. The molecule has 0 unspecified atom stereocenters. The molecule has 1 rings (SSSR count). The third-order valence-electron chi connectivity index (χ3n) is 2.02. The topological polar surface area (TPSA) is 0 Å². The van der Waals surface area contributed by atoms with Gasteiger partial charge in [-0.05, 0) is 32.6 Å². The molecule has 0 saturated heterocycles. The first-order valence-corrected chi connectivity index (χ1v) is 4.05. The van der Waals surface area contributed by atoms with Crippen LogP contribution in [0.1, 0.15) is 45.4 Å². The number of hydrogen-bond acceptors (Lipinski definition) is 0. The highest BCUT2D eigenvalue weighted by Crippen LogP contribution is 2.15. The van der Waals surface area contributed by atoms with Crippen LogP contribution in [-0.2, 0) is 0 Å². The molecule has 0 aromatic rings. The molecule has 1 aliphatic rings. The molecule has 0 bridgehead atoms. The van der Waals surface area contributed by atoms with Crippen LogP contribution in [0, 0.1) is 0 Å². The molecule has 0 amide bonds.